The molecule has 1 aliphatic rings. The summed E-state index contributed by atoms with van der Waals surface area (Å²) in [6.45, 7) is 4.08. The molecule has 0 atom stereocenters. The first kappa shape index (κ1) is 26.4. The van der Waals surface area contributed by atoms with Gasteiger partial charge in [-0.2, -0.15) is 13.2 Å². The molecule has 1 fully saturated rings. The van der Waals surface area contributed by atoms with Crippen LogP contribution < -0.4 is 21.3 Å². The molecule has 13 heteroatoms. The van der Waals surface area contributed by atoms with Gasteiger partial charge in [0.1, 0.15) is 12.7 Å². The fourth-order valence-corrected chi connectivity index (χ4v) is 4.50. The van der Waals surface area contributed by atoms with Gasteiger partial charge in [0.15, 0.2) is 17.0 Å². The van der Waals surface area contributed by atoms with Gasteiger partial charge in [-0.15, -0.1) is 0 Å². The summed E-state index contributed by atoms with van der Waals surface area (Å²) in [5.41, 5.74) is 2.27. The molecule has 1 saturated heterocycles. The molecule has 4 N–H and O–H groups in total. The first-order valence-corrected chi connectivity index (χ1v) is 12.5. The van der Waals surface area contributed by atoms with Gasteiger partial charge < -0.3 is 26.2 Å². The van der Waals surface area contributed by atoms with Crippen molar-refractivity contribution in [2.24, 2.45) is 0 Å². The number of nitrogens with one attached hydrogen (secondary N) is 4. The molecular weight excluding hydrogens is 511 g/mol. The monoisotopic (exact) mass is 539 g/mol. The van der Waals surface area contributed by atoms with Crippen LogP contribution in [0.2, 0.25) is 0 Å². The van der Waals surface area contributed by atoms with Crippen LogP contribution in [0.1, 0.15) is 11.1 Å². The van der Waals surface area contributed by atoms with Crippen LogP contribution in [0.15, 0.2) is 55.1 Å². The number of benzene rings is 2. The maximum atomic E-state index is 13.6. The number of carbonyl (C=O) groups excluding carboxylic acids is 1. The molecule has 0 bridgehead atoms. The van der Waals surface area contributed by atoms with Gasteiger partial charge in [0.05, 0.1) is 5.56 Å². The number of imidazole rings is 1. The fourth-order valence-electron chi connectivity index (χ4n) is 4.50. The number of amides is 2. The lowest BCUT2D eigenvalue weighted by Gasteiger charge is -2.27. The number of hydrogen-bond donors (Lipinski definition) is 4. The van der Waals surface area contributed by atoms with Crippen molar-refractivity contribution in [1.82, 2.24) is 29.7 Å². The molecule has 39 heavy (non-hydrogen) atoms. The van der Waals surface area contributed by atoms with Crippen molar-refractivity contribution in [2.75, 3.05) is 55.7 Å². The zero-order chi connectivity index (χ0) is 27.4. The van der Waals surface area contributed by atoms with Gasteiger partial charge in [0, 0.05) is 56.8 Å². The minimum atomic E-state index is -4.52. The Morgan fingerprint density at radius 3 is 2.46 bits per heavy atom. The van der Waals surface area contributed by atoms with E-state index in [4.69, 9.17) is 0 Å². The lowest BCUT2D eigenvalue weighted by atomic mass is 10.1. The van der Waals surface area contributed by atoms with Crippen LogP contribution in [0, 0.1) is 0 Å². The number of urea groups is 1. The van der Waals surface area contributed by atoms with E-state index >= 15 is 0 Å². The second-order valence-electron chi connectivity index (χ2n) is 9.14. The molecule has 0 radical (unpaired) electrons. The molecule has 2 aromatic heterocycles. The smallest absolute Gasteiger partial charge is 0.371 e. The number of aromatic nitrogens is 4. The number of carbonyl (C=O) groups is 1. The number of fused-ring (bicyclic) bond motifs is 1. The SMILES string of the molecule is CNc1ncnc2c1ncn2-c1ccc(NC(=O)Nc2cc(CCN3CCNCC3)cc(C(F)(F)F)c2)cc1. The summed E-state index contributed by atoms with van der Waals surface area (Å²) in [4.78, 5) is 27.7. The third kappa shape index (κ3) is 6.26. The number of rotatable bonds is 7. The van der Waals surface area contributed by atoms with Crippen molar-refractivity contribution in [1.29, 1.82) is 0 Å². The van der Waals surface area contributed by atoms with Gasteiger partial charge >= 0.3 is 12.2 Å². The highest BCUT2D eigenvalue weighted by molar-refractivity contribution is 6.00. The number of anilines is 3. The first-order valence-electron chi connectivity index (χ1n) is 12.5. The predicted octanol–water partition coefficient (Wildman–Crippen LogP) is 3.97. The minimum absolute atomic E-state index is 0.0826. The van der Waals surface area contributed by atoms with Crippen molar-refractivity contribution in [2.45, 2.75) is 12.6 Å². The highest BCUT2D eigenvalue weighted by atomic mass is 19.4. The molecule has 2 amide bonds. The Labute approximate surface area is 222 Å². The van der Waals surface area contributed by atoms with Crippen LogP contribution in [-0.4, -0.2) is 70.2 Å². The van der Waals surface area contributed by atoms with Crippen molar-refractivity contribution in [3.05, 3.63) is 66.2 Å². The van der Waals surface area contributed by atoms with Gasteiger partial charge in [-0.05, 0) is 54.4 Å². The molecule has 2 aromatic carbocycles. The van der Waals surface area contributed by atoms with E-state index in [2.05, 4.69) is 41.1 Å². The van der Waals surface area contributed by atoms with E-state index in [9.17, 15) is 18.0 Å². The van der Waals surface area contributed by atoms with Gasteiger partial charge in [0.2, 0.25) is 0 Å². The topological polar surface area (TPSA) is 112 Å². The van der Waals surface area contributed by atoms with Crippen molar-refractivity contribution >= 4 is 34.4 Å². The van der Waals surface area contributed by atoms with E-state index in [1.807, 2.05) is 0 Å². The number of hydrogen-bond acceptors (Lipinski definition) is 7. The third-order valence-electron chi connectivity index (χ3n) is 6.48. The molecule has 4 aromatic rings. The lowest BCUT2D eigenvalue weighted by Crippen LogP contribution is -2.44. The van der Waals surface area contributed by atoms with Crippen molar-refractivity contribution in [3.8, 4) is 5.69 Å². The van der Waals surface area contributed by atoms with Gasteiger partial charge in [0.25, 0.3) is 0 Å². The van der Waals surface area contributed by atoms with Crippen molar-refractivity contribution in [3.63, 3.8) is 0 Å². The Bertz CT molecular complexity index is 1450. The molecule has 0 saturated carbocycles. The van der Waals surface area contributed by atoms with E-state index in [-0.39, 0.29) is 5.69 Å². The number of nitrogens with zero attached hydrogens (tertiary/aromatic N) is 5. The molecule has 0 unspecified atom stereocenters. The fraction of sp³-hybridized carbons (Fsp3) is 0.308. The highest BCUT2D eigenvalue weighted by Crippen LogP contribution is 2.32. The third-order valence-corrected chi connectivity index (χ3v) is 6.48. The number of halogens is 3. The summed E-state index contributed by atoms with van der Waals surface area (Å²) in [5.74, 6) is 0.607. The summed E-state index contributed by atoms with van der Waals surface area (Å²) in [7, 11) is 1.75. The lowest BCUT2D eigenvalue weighted by molar-refractivity contribution is -0.137. The summed E-state index contributed by atoms with van der Waals surface area (Å²) >= 11 is 0. The van der Waals surface area contributed by atoms with Crippen LogP contribution in [-0.2, 0) is 12.6 Å². The van der Waals surface area contributed by atoms with Crippen LogP contribution in [0.5, 0.6) is 0 Å². The molecule has 204 valence electrons. The van der Waals surface area contributed by atoms with Crippen LogP contribution in [0.25, 0.3) is 16.9 Å². The zero-order valence-corrected chi connectivity index (χ0v) is 21.2. The standard InChI is InChI=1S/C26H28F3N9O/c1-30-23-22-24(33-15-32-23)38(16-34-22)21-4-2-19(3-5-21)35-25(39)36-20-13-17(12-18(14-20)26(27,28)29)6-9-37-10-7-31-8-11-37/h2-5,12-16,31H,6-11H2,1H3,(H,30,32,33)(H2,35,36,39). The Balaban J connectivity index is 1.27. The number of alkyl halides is 3. The first-order chi connectivity index (χ1) is 18.8. The molecule has 0 spiro atoms. The van der Waals surface area contributed by atoms with E-state index in [1.165, 1.54) is 6.33 Å². The summed E-state index contributed by atoms with van der Waals surface area (Å²) < 4.78 is 42.5. The maximum Gasteiger partial charge on any atom is 0.416 e. The number of piperazine rings is 1. The Kier molecular flexibility index (Phi) is 7.61. The maximum absolute atomic E-state index is 13.6. The van der Waals surface area contributed by atoms with E-state index in [0.717, 1.165) is 44.0 Å². The summed E-state index contributed by atoms with van der Waals surface area (Å²) in [5, 5.41) is 11.5. The van der Waals surface area contributed by atoms with Gasteiger partial charge in [-0.1, -0.05) is 0 Å². The Hall–Kier alpha value is -4.23. The van der Waals surface area contributed by atoms with Crippen LogP contribution in [0.4, 0.5) is 35.2 Å². The van der Waals surface area contributed by atoms with Crippen LogP contribution in [0.3, 0.4) is 0 Å². The average Bonchev–Trinajstić information content (AvgIpc) is 3.37. The second kappa shape index (κ2) is 11.3. The largest absolute Gasteiger partial charge is 0.416 e. The van der Waals surface area contributed by atoms with Crippen LogP contribution >= 0.6 is 0 Å². The molecule has 5 rings (SSSR count). The zero-order valence-electron chi connectivity index (χ0n) is 21.2. The van der Waals surface area contributed by atoms with Gasteiger partial charge in [-0.25, -0.2) is 19.7 Å². The van der Waals surface area contributed by atoms with E-state index in [1.54, 1.807) is 48.3 Å². The molecule has 0 aliphatic carbocycles. The average molecular weight is 540 g/mol. The normalized spacial score (nSPS) is 14.4. The van der Waals surface area contributed by atoms with Gasteiger partial charge in [-0.3, -0.25) is 4.57 Å². The Morgan fingerprint density at radius 1 is 1.00 bits per heavy atom. The Morgan fingerprint density at radius 2 is 1.74 bits per heavy atom. The summed E-state index contributed by atoms with van der Waals surface area (Å²) in [6, 6.07) is 9.96. The highest BCUT2D eigenvalue weighted by Gasteiger charge is 2.31. The predicted molar refractivity (Wildman–Crippen MR) is 143 cm³/mol. The molecular formula is C26H28F3N9O. The van der Waals surface area contributed by atoms with Crippen molar-refractivity contribution < 1.29 is 18.0 Å². The quantitative estimate of drug-likeness (QED) is 0.281. The second-order valence-corrected chi connectivity index (χ2v) is 9.14. The minimum Gasteiger partial charge on any atom is -0.371 e. The molecule has 3 heterocycles. The van der Waals surface area contributed by atoms with E-state index in [0.29, 0.717) is 41.2 Å². The summed E-state index contributed by atoms with van der Waals surface area (Å²) in [6.07, 6.45) is -1.00. The van der Waals surface area contributed by atoms with E-state index < -0.39 is 17.8 Å². The molecule has 10 nitrogen and oxygen atoms in total. The molecule has 1 aliphatic heterocycles.